The smallest absolute Gasteiger partial charge is 0.407 e. The molecule has 23 heavy (non-hydrogen) atoms. The largest absolute Gasteiger partial charge is 0.465 e. The Hall–Kier alpha value is -2.08. The number of carbonyl (C=O) groups is 2. The number of esters is 1. The fourth-order valence-electron chi connectivity index (χ4n) is 1.91. The van der Waals surface area contributed by atoms with E-state index in [1.165, 1.54) is 0 Å². The Labute approximate surface area is 137 Å². The second-order valence-electron chi connectivity index (χ2n) is 5.49. The van der Waals surface area contributed by atoms with E-state index in [9.17, 15) is 9.59 Å². The van der Waals surface area contributed by atoms with E-state index in [1.54, 1.807) is 6.92 Å². The average Bonchev–Trinajstić information content (AvgIpc) is 2.53. The van der Waals surface area contributed by atoms with Gasteiger partial charge in [-0.3, -0.25) is 4.79 Å². The summed E-state index contributed by atoms with van der Waals surface area (Å²) in [6.45, 7) is 6.93. The van der Waals surface area contributed by atoms with Crippen LogP contribution in [0.25, 0.3) is 0 Å². The molecule has 1 unspecified atom stereocenters. The zero-order chi connectivity index (χ0) is 17.1. The Morgan fingerprint density at radius 2 is 1.83 bits per heavy atom. The summed E-state index contributed by atoms with van der Waals surface area (Å²) in [5.41, 5.74) is 0.934. The fourth-order valence-corrected chi connectivity index (χ4v) is 1.91. The van der Waals surface area contributed by atoms with E-state index < -0.39 is 6.09 Å². The molecule has 6 nitrogen and oxygen atoms in total. The maximum atomic E-state index is 11.9. The predicted molar refractivity (Wildman–Crippen MR) is 87.9 cm³/mol. The van der Waals surface area contributed by atoms with Gasteiger partial charge in [0, 0.05) is 12.6 Å². The van der Waals surface area contributed by atoms with Gasteiger partial charge in [-0.05, 0) is 18.4 Å². The zero-order valence-electron chi connectivity index (χ0n) is 14.0. The summed E-state index contributed by atoms with van der Waals surface area (Å²) >= 11 is 0. The molecule has 0 spiro atoms. The standard InChI is InChI=1S/C17H26N2O4/c1-4-22-16(20)11-18-10-15(13(2)3)19-17(21)23-12-14-8-6-5-7-9-14/h5-9,13,15,18H,4,10-12H2,1-3H3,(H,19,21). The molecule has 1 aromatic carbocycles. The van der Waals surface area contributed by atoms with Crippen LogP contribution in [0.3, 0.4) is 0 Å². The first-order valence-corrected chi connectivity index (χ1v) is 7.86. The van der Waals surface area contributed by atoms with Crippen LogP contribution in [-0.2, 0) is 20.9 Å². The second-order valence-corrected chi connectivity index (χ2v) is 5.49. The van der Waals surface area contributed by atoms with Crippen molar-refractivity contribution >= 4 is 12.1 Å². The van der Waals surface area contributed by atoms with Gasteiger partial charge >= 0.3 is 12.1 Å². The molecule has 0 saturated carbocycles. The van der Waals surface area contributed by atoms with Crippen molar-refractivity contribution in [3.05, 3.63) is 35.9 Å². The fraction of sp³-hybridized carbons (Fsp3) is 0.529. The summed E-state index contributed by atoms with van der Waals surface area (Å²) in [7, 11) is 0. The third-order valence-electron chi connectivity index (χ3n) is 3.26. The van der Waals surface area contributed by atoms with Gasteiger partial charge in [0.25, 0.3) is 0 Å². The van der Waals surface area contributed by atoms with Crippen molar-refractivity contribution in [3.63, 3.8) is 0 Å². The lowest BCUT2D eigenvalue weighted by Crippen LogP contribution is -2.46. The number of ether oxygens (including phenoxy) is 2. The number of hydrogen-bond donors (Lipinski definition) is 2. The van der Waals surface area contributed by atoms with Gasteiger partial charge in [0.15, 0.2) is 0 Å². The minimum atomic E-state index is -0.467. The van der Waals surface area contributed by atoms with E-state index in [-0.39, 0.29) is 31.1 Å². The Morgan fingerprint density at radius 1 is 1.13 bits per heavy atom. The van der Waals surface area contributed by atoms with Crippen LogP contribution in [-0.4, -0.2) is 37.8 Å². The van der Waals surface area contributed by atoms with Crippen LogP contribution in [0.4, 0.5) is 4.79 Å². The van der Waals surface area contributed by atoms with Crippen LogP contribution >= 0.6 is 0 Å². The summed E-state index contributed by atoms with van der Waals surface area (Å²) in [5, 5.41) is 5.80. The Bertz CT molecular complexity index is 477. The molecule has 1 amide bonds. The van der Waals surface area contributed by atoms with E-state index in [4.69, 9.17) is 9.47 Å². The molecule has 1 aromatic rings. The Morgan fingerprint density at radius 3 is 2.43 bits per heavy atom. The van der Waals surface area contributed by atoms with E-state index in [1.807, 2.05) is 44.2 Å². The molecule has 0 saturated heterocycles. The molecular formula is C17H26N2O4. The highest BCUT2D eigenvalue weighted by atomic mass is 16.5. The molecule has 0 aliphatic heterocycles. The van der Waals surface area contributed by atoms with Crippen molar-refractivity contribution in [2.75, 3.05) is 19.7 Å². The molecule has 0 aliphatic carbocycles. The quantitative estimate of drug-likeness (QED) is 0.681. The maximum Gasteiger partial charge on any atom is 0.407 e. The minimum absolute atomic E-state index is 0.123. The molecule has 0 fully saturated rings. The lowest BCUT2D eigenvalue weighted by atomic mass is 10.0. The molecule has 0 aromatic heterocycles. The van der Waals surface area contributed by atoms with Crippen molar-refractivity contribution in [3.8, 4) is 0 Å². The van der Waals surface area contributed by atoms with Crippen LogP contribution in [0.15, 0.2) is 30.3 Å². The third kappa shape index (κ3) is 8.21. The molecule has 1 atom stereocenters. The molecule has 2 N–H and O–H groups in total. The molecule has 0 radical (unpaired) electrons. The van der Waals surface area contributed by atoms with Gasteiger partial charge < -0.3 is 20.1 Å². The molecule has 128 valence electrons. The van der Waals surface area contributed by atoms with Gasteiger partial charge in [-0.2, -0.15) is 0 Å². The molecule has 6 heteroatoms. The summed E-state index contributed by atoms with van der Waals surface area (Å²) in [6.07, 6.45) is -0.467. The Kier molecular flexibility index (Phi) is 8.75. The van der Waals surface area contributed by atoms with Crippen molar-refractivity contribution < 1.29 is 19.1 Å². The van der Waals surface area contributed by atoms with Crippen LogP contribution in [0.2, 0.25) is 0 Å². The SMILES string of the molecule is CCOC(=O)CNCC(NC(=O)OCc1ccccc1)C(C)C. The van der Waals surface area contributed by atoms with Gasteiger partial charge in [-0.15, -0.1) is 0 Å². The molecule has 0 bridgehead atoms. The summed E-state index contributed by atoms with van der Waals surface area (Å²) < 4.78 is 10.0. The summed E-state index contributed by atoms with van der Waals surface area (Å²) in [6, 6.07) is 9.36. The third-order valence-corrected chi connectivity index (χ3v) is 3.26. The molecular weight excluding hydrogens is 296 g/mol. The predicted octanol–water partition coefficient (Wildman–Crippen LogP) is 2.09. The first-order chi connectivity index (χ1) is 11.0. The average molecular weight is 322 g/mol. The number of rotatable bonds is 9. The van der Waals surface area contributed by atoms with Crippen LogP contribution in [0, 0.1) is 5.92 Å². The first-order valence-electron chi connectivity index (χ1n) is 7.86. The maximum absolute atomic E-state index is 11.9. The topological polar surface area (TPSA) is 76.7 Å². The second kappa shape index (κ2) is 10.6. The van der Waals surface area contributed by atoms with E-state index in [0.717, 1.165) is 5.56 Å². The van der Waals surface area contributed by atoms with Crippen LogP contribution in [0.5, 0.6) is 0 Å². The van der Waals surface area contributed by atoms with Crippen LogP contribution < -0.4 is 10.6 Å². The number of alkyl carbamates (subject to hydrolysis) is 1. The van der Waals surface area contributed by atoms with Gasteiger partial charge in [-0.1, -0.05) is 44.2 Å². The highest BCUT2D eigenvalue weighted by Crippen LogP contribution is 2.03. The monoisotopic (exact) mass is 322 g/mol. The highest BCUT2D eigenvalue weighted by Gasteiger charge is 2.17. The molecule has 0 heterocycles. The van der Waals surface area contributed by atoms with Gasteiger partial charge in [0.2, 0.25) is 0 Å². The van der Waals surface area contributed by atoms with Gasteiger partial charge in [-0.25, -0.2) is 4.79 Å². The number of nitrogens with one attached hydrogen (secondary N) is 2. The number of benzene rings is 1. The van der Waals surface area contributed by atoms with Crippen molar-refractivity contribution in [1.29, 1.82) is 0 Å². The molecule has 1 rings (SSSR count). The number of carbonyl (C=O) groups excluding carboxylic acids is 2. The van der Waals surface area contributed by atoms with E-state index in [2.05, 4.69) is 10.6 Å². The lowest BCUT2D eigenvalue weighted by Gasteiger charge is -2.22. The Balaban J connectivity index is 2.33. The van der Waals surface area contributed by atoms with E-state index >= 15 is 0 Å². The zero-order valence-corrected chi connectivity index (χ0v) is 14.0. The van der Waals surface area contributed by atoms with Crippen molar-refractivity contribution in [1.82, 2.24) is 10.6 Å². The van der Waals surface area contributed by atoms with Crippen molar-refractivity contribution in [2.45, 2.75) is 33.4 Å². The lowest BCUT2D eigenvalue weighted by molar-refractivity contribution is -0.142. The van der Waals surface area contributed by atoms with Crippen LogP contribution in [0.1, 0.15) is 26.3 Å². The minimum Gasteiger partial charge on any atom is -0.465 e. The van der Waals surface area contributed by atoms with Gasteiger partial charge in [0.05, 0.1) is 13.2 Å². The summed E-state index contributed by atoms with van der Waals surface area (Å²) in [4.78, 5) is 23.2. The summed E-state index contributed by atoms with van der Waals surface area (Å²) in [5.74, 6) is -0.101. The van der Waals surface area contributed by atoms with Crippen molar-refractivity contribution in [2.24, 2.45) is 5.92 Å². The molecule has 0 aliphatic rings. The van der Waals surface area contributed by atoms with E-state index in [0.29, 0.717) is 13.2 Å². The highest BCUT2D eigenvalue weighted by molar-refractivity contribution is 5.71. The van der Waals surface area contributed by atoms with Gasteiger partial charge in [0.1, 0.15) is 6.61 Å². The first kappa shape index (κ1) is 19.0. The number of hydrogen-bond acceptors (Lipinski definition) is 5. The normalized spacial score (nSPS) is 11.8. The number of amides is 1.